The Morgan fingerprint density at radius 2 is 2.09 bits per heavy atom. The van der Waals surface area contributed by atoms with Crippen LogP contribution in [0.15, 0.2) is 24.4 Å². The molecule has 0 amide bonds. The zero-order chi connectivity index (χ0) is 15.5. The first-order valence-electron chi connectivity index (χ1n) is 7.84. The van der Waals surface area contributed by atoms with Gasteiger partial charge in [0.1, 0.15) is 5.82 Å². The maximum atomic E-state index is 13.9. The number of hydrogen-bond donors (Lipinski definition) is 1. The summed E-state index contributed by atoms with van der Waals surface area (Å²) in [5.41, 5.74) is 7.37. The molecule has 0 bridgehead atoms. The second-order valence-electron chi connectivity index (χ2n) is 5.79. The summed E-state index contributed by atoms with van der Waals surface area (Å²) in [6.45, 7) is 0.398. The highest BCUT2D eigenvalue weighted by Gasteiger charge is 2.19. The maximum Gasteiger partial charge on any atom is 0.165 e. The van der Waals surface area contributed by atoms with Crippen molar-refractivity contribution in [3.63, 3.8) is 0 Å². The van der Waals surface area contributed by atoms with Gasteiger partial charge < -0.3 is 15.0 Å². The summed E-state index contributed by atoms with van der Waals surface area (Å²) in [6, 6.07) is 5.39. The van der Waals surface area contributed by atoms with E-state index in [1.54, 1.807) is 6.07 Å². The molecule has 3 rings (SSSR count). The summed E-state index contributed by atoms with van der Waals surface area (Å²) in [4.78, 5) is 4.60. The van der Waals surface area contributed by atoms with E-state index < -0.39 is 0 Å². The number of benzene rings is 1. The lowest BCUT2D eigenvalue weighted by Crippen LogP contribution is -2.16. The predicted octanol–water partition coefficient (Wildman–Crippen LogP) is 3.66. The van der Waals surface area contributed by atoms with Crippen LogP contribution in [0.2, 0.25) is 0 Å². The first-order valence-corrected chi connectivity index (χ1v) is 7.84. The van der Waals surface area contributed by atoms with E-state index in [0.29, 0.717) is 12.6 Å². The van der Waals surface area contributed by atoms with Crippen LogP contribution in [0.4, 0.5) is 4.39 Å². The van der Waals surface area contributed by atoms with Crippen molar-refractivity contribution >= 4 is 0 Å². The largest absolute Gasteiger partial charge is 0.494 e. The fourth-order valence-electron chi connectivity index (χ4n) is 3.22. The molecule has 0 spiro atoms. The Hall–Kier alpha value is -1.88. The number of imidazole rings is 1. The minimum absolute atomic E-state index is 0.245. The Bertz CT molecular complexity index is 647. The molecule has 1 saturated carbocycles. The summed E-state index contributed by atoms with van der Waals surface area (Å²) >= 11 is 0. The molecule has 0 atom stereocenters. The van der Waals surface area contributed by atoms with Crippen LogP contribution in [0.1, 0.15) is 44.0 Å². The van der Waals surface area contributed by atoms with Crippen molar-refractivity contribution in [3.05, 3.63) is 36.0 Å². The molecule has 0 saturated heterocycles. The normalized spacial score (nSPS) is 16.0. The van der Waals surface area contributed by atoms with Crippen LogP contribution < -0.4 is 10.5 Å². The van der Waals surface area contributed by atoms with Crippen LogP contribution in [0, 0.1) is 5.82 Å². The van der Waals surface area contributed by atoms with Gasteiger partial charge in [-0.15, -0.1) is 0 Å². The Balaban J connectivity index is 1.94. The summed E-state index contributed by atoms with van der Waals surface area (Å²) in [5.74, 6) is 0.745. The van der Waals surface area contributed by atoms with Gasteiger partial charge in [0, 0.05) is 17.8 Å². The van der Waals surface area contributed by atoms with Crippen LogP contribution in [0.5, 0.6) is 5.75 Å². The fraction of sp³-hybridized carbons (Fsp3) is 0.471. The number of methoxy groups -OCH3 is 1. The predicted molar refractivity (Wildman–Crippen MR) is 84.2 cm³/mol. The zero-order valence-corrected chi connectivity index (χ0v) is 12.9. The average molecular weight is 303 g/mol. The molecule has 118 valence electrons. The summed E-state index contributed by atoms with van der Waals surface area (Å²) in [5, 5.41) is 0. The zero-order valence-electron chi connectivity index (χ0n) is 12.9. The molecule has 1 aromatic carbocycles. The molecular weight excluding hydrogens is 281 g/mol. The van der Waals surface area contributed by atoms with E-state index in [0.717, 1.165) is 17.1 Å². The molecule has 5 heteroatoms. The molecule has 1 aliphatic carbocycles. The lowest BCUT2D eigenvalue weighted by molar-refractivity contribution is 0.346. The lowest BCUT2D eigenvalue weighted by atomic mass is 9.95. The number of rotatable bonds is 4. The highest BCUT2D eigenvalue weighted by Crippen LogP contribution is 2.32. The number of halogens is 1. The van der Waals surface area contributed by atoms with Gasteiger partial charge in [-0.1, -0.05) is 19.3 Å². The van der Waals surface area contributed by atoms with Crippen molar-refractivity contribution in [1.29, 1.82) is 0 Å². The van der Waals surface area contributed by atoms with Crippen LogP contribution in [0.3, 0.4) is 0 Å². The molecular formula is C17H22FN3O. The minimum atomic E-state index is -0.374. The van der Waals surface area contributed by atoms with Gasteiger partial charge in [-0.3, -0.25) is 0 Å². The van der Waals surface area contributed by atoms with E-state index in [1.165, 1.54) is 45.3 Å². The maximum absolute atomic E-state index is 13.9. The number of nitrogens with two attached hydrogens (primary N) is 1. The van der Waals surface area contributed by atoms with E-state index in [9.17, 15) is 4.39 Å². The molecule has 2 N–H and O–H groups in total. The van der Waals surface area contributed by atoms with Gasteiger partial charge in [0.05, 0.1) is 19.3 Å². The molecule has 0 unspecified atom stereocenters. The van der Waals surface area contributed by atoms with Crippen LogP contribution >= 0.6 is 0 Å². The molecule has 1 heterocycles. The van der Waals surface area contributed by atoms with E-state index >= 15 is 0 Å². The fourth-order valence-corrected chi connectivity index (χ4v) is 3.22. The first-order chi connectivity index (χ1) is 10.7. The molecule has 2 aromatic rings. The lowest BCUT2D eigenvalue weighted by Gasteiger charge is -2.24. The quantitative estimate of drug-likeness (QED) is 0.937. The van der Waals surface area contributed by atoms with Gasteiger partial charge in [0.15, 0.2) is 11.6 Å². The highest BCUT2D eigenvalue weighted by molar-refractivity contribution is 5.60. The van der Waals surface area contributed by atoms with E-state index in [-0.39, 0.29) is 11.6 Å². The molecule has 1 fully saturated rings. The number of ether oxygens (including phenoxy) is 1. The smallest absolute Gasteiger partial charge is 0.165 e. The van der Waals surface area contributed by atoms with Crippen LogP contribution in [0.25, 0.3) is 11.3 Å². The summed E-state index contributed by atoms with van der Waals surface area (Å²) in [7, 11) is 1.46. The standard InChI is InChI=1S/C17H22FN3O/c1-22-16-8-7-12(9-14(16)18)15-11-21(17(10-19)20-15)13-5-3-2-4-6-13/h7-9,11,13H,2-6,10,19H2,1H3. The molecule has 22 heavy (non-hydrogen) atoms. The third kappa shape index (κ3) is 2.86. The average Bonchev–Trinajstić information content (AvgIpc) is 3.00. The van der Waals surface area contributed by atoms with Gasteiger partial charge in [0.2, 0.25) is 0 Å². The Morgan fingerprint density at radius 3 is 2.73 bits per heavy atom. The van der Waals surface area contributed by atoms with Crippen molar-refractivity contribution in [2.75, 3.05) is 7.11 Å². The highest BCUT2D eigenvalue weighted by atomic mass is 19.1. The molecule has 0 aliphatic heterocycles. The Kier molecular flexibility index (Phi) is 4.43. The number of hydrogen-bond acceptors (Lipinski definition) is 3. The summed E-state index contributed by atoms with van der Waals surface area (Å²) < 4.78 is 21.0. The third-order valence-corrected chi connectivity index (χ3v) is 4.41. The Labute approximate surface area is 130 Å². The van der Waals surface area contributed by atoms with Crippen molar-refractivity contribution in [2.45, 2.75) is 44.7 Å². The van der Waals surface area contributed by atoms with Gasteiger partial charge in [-0.25, -0.2) is 9.37 Å². The van der Waals surface area contributed by atoms with Gasteiger partial charge in [-0.05, 0) is 31.0 Å². The van der Waals surface area contributed by atoms with Crippen molar-refractivity contribution in [1.82, 2.24) is 9.55 Å². The van der Waals surface area contributed by atoms with Crippen molar-refractivity contribution in [3.8, 4) is 17.0 Å². The van der Waals surface area contributed by atoms with Crippen molar-refractivity contribution in [2.24, 2.45) is 5.73 Å². The second-order valence-corrected chi connectivity index (χ2v) is 5.79. The number of aromatic nitrogens is 2. The second kappa shape index (κ2) is 6.48. The topological polar surface area (TPSA) is 53.1 Å². The van der Waals surface area contributed by atoms with Crippen molar-refractivity contribution < 1.29 is 9.13 Å². The molecule has 0 radical (unpaired) electrons. The summed E-state index contributed by atoms with van der Waals surface area (Å²) in [6.07, 6.45) is 8.15. The third-order valence-electron chi connectivity index (χ3n) is 4.41. The number of nitrogens with zero attached hydrogens (tertiary/aromatic N) is 2. The molecule has 1 aromatic heterocycles. The van der Waals surface area contributed by atoms with E-state index in [2.05, 4.69) is 9.55 Å². The molecule has 4 nitrogen and oxygen atoms in total. The van der Waals surface area contributed by atoms with Crippen LogP contribution in [-0.2, 0) is 6.54 Å². The Morgan fingerprint density at radius 1 is 1.32 bits per heavy atom. The monoisotopic (exact) mass is 303 g/mol. The first kappa shape index (κ1) is 15.0. The van der Waals surface area contributed by atoms with Gasteiger partial charge >= 0.3 is 0 Å². The van der Waals surface area contributed by atoms with Crippen LogP contribution in [-0.4, -0.2) is 16.7 Å². The van der Waals surface area contributed by atoms with E-state index in [1.807, 2.05) is 12.3 Å². The van der Waals surface area contributed by atoms with E-state index in [4.69, 9.17) is 10.5 Å². The van der Waals surface area contributed by atoms with Gasteiger partial charge in [-0.2, -0.15) is 0 Å². The molecule has 1 aliphatic rings. The minimum Gasteiger partial charge on any atom is -0.494 e. The SMILES string of the molecule is COc1ccc(-c2cn(C3CCCCC3)c(CN)n2)cc1F. The van der Waals surface area contributed by atoms with Gasteiger partial charge in [0.25, 0.3) is 0 Å².